The summed E-state index contributed by atoms with van der Waals surface area (Å²) in [5.74, 6) is -2.89. The Morgan fingerprint density at radius 3 is 2.24 bits per heavy atom. The highest BCUT2D eigenvalue weighted by molar-refractivity contribution is 5.99. The van der Waals surface area contributed by atoms with E-state index in [1.807, 2.05) is 5.32 Å². The molecule has 0 radical (unpaired) electrons. The van der Waals surface area contributed by atoms with E-state index in [2.05, 4.69) is 15.6 Å². The van der Waals surface area contributed by atoms with Crippen molar-refractivity contribution in [2.45, 2.75) is 6.18 Å². The van der Waals surface area contributed by atoms with Gasteiger partial charge in [-0.15, -0.1) is 0 Å². The molecular formula is C21H15F5N4O3. The number of aromatic nitrogens is 1. The molecule has 3 aromatic rings. The maximum atomic E-state index is 13.8. The van der Waals surface area contributed by atoms with E-state index in [1.54, 1.807) is 0 Å². The van der Waals surface area contributed by atoms with Gasteiger partial charge in [-0.3, -0.25) is 9.78 Å². The second kappa shape index (κ2) is 9.51. The molecule has 0 aliphatic carbocycles. The number of hydrogen-bond donors (Lipinski definition) is 3. The molecule has 3 rings (SSSR count). The van der Waals surface area contributed by atoms with E-state index in [-0.39, 0.29) is 23.5 Å². The third-order valence-electron chi connectivity index (χ3n) is 4.15. The van der Waals surface area contributed by atoms with Gasteiger partial charge in [-0.1, -0.05) is 0 Å². The van der Waals surface area contributed by atoms with Crippen LogP contribution in [-0.2, 0) is 6.18 Å². The number of alkyl halides is 3. The lowest BCUT2D eigenvalue weighted by atomic mass is 10.1. The minimum Gasteiger partial charge on any atom is -0.457 e. The van der Waals surface area contributed by atoms with E-state index in [0.29, 0.717) is 11.5 Å². The lowest BCUT2D eigenvalue weighted by molar-refractivity contribution is -0.140. The lowest BCUT2D eigenvalue weighted by Crippen LogP contribution is -2.21. The molecule has 0 saturated heterocycles. The van der Waals surface area contributed by atoms with Crippen LogP contribution in [0.2, 0.25) is 0 Å². The van der Waals surface area contributed by atoms with Gasteiger partial charge < -0.3 is 20.7 Å². The van der Waals surface area contributed by atoms with Crippen molar-refractivity contribution in [1.82, 2.24) is 10.3 Å². The first kappa shape index (κ1) is 23.4. The standard InChI is InChI=1S/C21H15F5N4O3/c1-27-19(31)18-8-13(6-7-28-18)33-12-4-2-11(3-5-12)29-20(32)30-17-9-14(21(24,25)26)15(22)10-16(17)23/h2-10H,1H3,(H,27,31)(H2,29,30,32). The largest absolute Gasteiger partial charge is 0.457 e. The van der Waals surface area contributed by atoms with Gasteiger partial charge in [0.05, 0.1) is 11.3 Å². The molecule has 0 spiro atoms. The number of carbonyl (C=O) groups excluding carboxylic acids is 2. The second-order valence-corrected chi connectivity index (χ2v) is 6.47. The highest BCUT2D eigenvalue weighted by Gasteiger charge is 2.35. The number of halogens is 5. The maximum Gasteiger partial charge on any atom is 0.419 e. The van der Waals surface area contributed by atoms with Gasteiger partial charge >= 0.3 is 12.2 Å². The molecule has 0 fully saturated rings. The van der Waals surface area contributed by atoms with Gasteiger partial charge in [0.15, 0.2) is 0 Å². The molecule has 1 aromatic heterocycles. The summed E-state index contributed by atoms with van der Waals surface area (Å²) in [4.78, 5) is 27.6. The maximum absolute atomic E-state index is 13.8. The number of hydrogen-bond acceptors (Lipinski definition) is 4. The number of nitrogens with one attached hydrogen (secondary N) is 3. The van der Waals surface area contributed by atoms with E-state index in [4.69, 9.17) is 4.74 Å². The first-order valence-electron chi connectivity index (χ1n) is 9.17. The molecule has 12 heteroatoms. The van der Waals surface area contributed by atoms with Gasteiger partial charge in [-0.25, -0.2) is 13.6 Å². The second-order valence-electron chi connectivity index (χ2n) is 6.47. The number of anilines is 2. The number of carbonyl (C=O) groups is 2. The number of pyridine rings is 1. The number of ether oxygens (including phenoxy) is 1. The summed E-state index contributed by atoms with van der Waals surface area (Å²) in [5, 5.41) is 6.64. The van der Waals surface area contributed by atoms with Crippen LogP contribution in [-0.4, -0.2) is 24.0 Å². The Bertz CT molecular complexity index is 1180. The van der Waals surface area contributed by atoms with Crippen molar-refractivity contribution in [2.75, 3.05) is 17.7 Å². The van der Waals surface area contributed by atoms with Crippen LogP contribution >= 0.6 is 0 Å². The summed E-state index contributed by atoms with van der Waals surface area (Å²) in [6.45, 7) is 0. The van der Waals surface area contributed by atoms with Crippen molar-refractivity contribution in [1.29, 1.82) is 0 Å². The van der Waals surface area contributed by atoms with Crippen molar-refractivity contribution in [3.05, 3.63) is 77.6 Å². The third-order valence-corrected chi connectivity index (χ3v) is 4.15. The van der Waals surface area contributed by atoms with E-state index >= 15 is 0 Å². The van der Waals surface area contributed by atoms with Crippen molar-refractivity contribution in [2.24, 2.45) is 0 Å². The van der Waals surface area contributed by atoms with Crippen molar-refractivity contribution in [3.63, 3.8) is 0 Å². The summed E-state index contributed by atoms with van der Waals surface area (Å²) in [6.07, 6.45) is -3.67. The molecule has 172 valence electrons. The zero-order valence-electron chi connectivity index (χ0n) is 16.8. The Kier molecular flexibility index (Phi) is 6.75. The zero-order valence-corrected chi connectivity index (χ0v) is 16.8. The van der Waals surface area contributed by atoms with Crippen molar-refractivity contribution < 1.29 is 36.3 Å². The molecule has 0 unspecified atom stereocenters. The van der Waals surface area contributed by atoms with Gasteiger partial charge in [-0.05, 0) is 36.4 Å². The van der Waals surface area contributed by atoms with E-state index in [1.165, 1.54) is 49.6 Å². The molecule has 3 amide bonds. The van der Waals surface area contributed by atoms with E-state index in [9.17, 15) is 31.5 Å². The molecule has 0 saturated carbocycles. The molecule has 0 atom stereocenters. The molecule has 0 aliphatic heterocycles. The molecule has 0 aliphatic rings. The number of urea groups is 1. The average Bonchev–Trinajstić information content (AvgIpc) is 2.75. The van der Waals surface area contributed by atoms with Crippen molar-refractivity contribution in [3.8, 4) is 11.5 Å². The summed E-state index contributed by atoms with van der Waals surface area (Å²) in [7, 11) is 1.46. The summed E-state index contributed by atoms with van der Waals surface area (Å²) in [5.41, 5.74) is -2.20. The molecule has 3 N–H and O–H groups in total. The monoisotopic (exact) mass is 466 g/mol. The van der Waals surface area contributed by atoms with Crippen LogP contribution in [0.3, 0.4) is 0 Å². The van der Waals surface area contributed by atoms with Gasteiger partial charge in [-0.2, -0.15) is 13.2 Å². The lowest BCUT2D eigenvalue weighted by Gasteiger charge is -2.13. The Hall–Kier alpha value is -4.22. The Morgan fingerprint density at radius 1 is 0.909 bits per heavy atom. The quantitative estimate of drug-likeness (QED) is 0.452. The summed E-state index contributed by atoms with van der Waals surface area (Å²) in [6, 6.07) is 7.87. The molecule has 0 bridgehead atoms. The summed E-state index contributed by atoms with van der Waals surface area (Å²) >= 11 is 0. The third kappa shape index (κ3) is 5.93. The van der Waals surface area contributed by atoms with Crippen LogP contribution in [0.4, 0.5) is 38.1 Å². The van der Waals surface area contributed by atoms with Crippen LogP contribution in [0.15, 0.2) is 54.7 Å². The van der Waals surface area contributed by atoms with Gasteiger partial charge in [0, 0.05) is 31.1 Å². The van der Waals surface area contributed by atoms with Crippen molar-refractivity contribution >= 4 is 23.3 Å². The average molecular weight is 466 g/mol. The first-order valence-corrected chi connectivity index (χ1v) is 9.17. The fraction of sp³-hybridized carbons (Fsp3) is 0.0952. The molecule has 1 heterocycles. The van der Waals surface area contributed by atoms with Crippen LogP contribution in [0.25, 0.3) is 0 Å². The smallest absolute Gasteiger partial charge is 0.419 e. The minimum atomic E-state index is -5.06. The Balaban J connectivity index is 1.66. The van der Waals surface area contributed by atoms with Gasteiger partial charge in [0.1, 0.15) is 28.8 Å². The van der Waals surface area contributed by atoms with Crippen LogP contribution in [0, 0.1) is 11.6 Å². The molecule has 2 aromatic carbocycles. The van der Waals surface area contributed by atoms with E-state index < -0.39 is 41.0 Å². The van der Waals surface area contributed by atoms with Gasteiger partial charge in [0.25, 0.3) is 5.91 Å². The van der Waals surface area contributed by atoms with Crippen LogP contribution < -0.4 is 20.7 Å². The highest BCUT2D eigenvalue weighted by atomic mass is 19.4. The predicted molar refractivity (Wildman–Crippen MR) is 108 cm³/mol. The molecular weight excluding hydrogens is 451 g/mol. The first-order chi connectivity index (χ1) is 15.6. The fourth-order valence-corrected chi connectivity index (χ4v) is 2.62. The fourth-order valence-electron chi connectivity index (χ4n) is 2.62. The number of amides is 3. The topological polar surface area (TPSA) is 92.4 Å². The number of benzene rings is 2. The zero-order chi connectivity index (χ0) is 24.2. The number of nitrogens with zero attached hydrogens (tertiary/aromatic N) is 1. The highest BCUT2D eigenvalue weighted by Crippen LogP contribution is 2.34. The molecule has 7 nitrogen and oxygen atoms in total. The minimum absolute atomic E-state index is 0.0409. The van der Waals surface area contributed by atoms with Crippen LogP contribution in [0.5, 0.6) is 11.5 Å². The Labute approximate surface area is 183 Å². The number of rotatable bonds is 5. The summed E-state index contributed by atoms with van der Waals surface area (Å²) < 4.78 is 71.1. The normalized spacial score (nSPS) is 11.0. The van der Waals surface area contributed by atoms with E-state index in [0.717, 1.165) is 0 Å². The van der Waals surface area contributed by atoms with Crippen LogP contribution in [0.1, 0.15) is 16.1 Å². The SMILES string of the molecule is CNC(=O)c1cc(Oc2ccc(NC(=O)Nc3cc(C(F)(F)F)c(F)cc3F)cc2)ccn1. The predicted octanol–water partition coefficient (Wildman–Crippen LogP) is 5.17. The Morgan fingerprint density at radius 2 is 1.61 bits per heavy atom. The van der Waals surface area contributed by atoms with Gasteiger partial charge in [0.2, 0.25) is 0 Å². The molecule has 33 heavy (non-hydrogen) atoms.